The molecule has 0 spiro atoms. The van der Waals surface area contributed by atoms with Crippen LogP contribution in [0.2, 0.25) is 0 Å². The van der Waals surface area contributed by atoms with Crippen LogP contribution in [-0.4, -0.2) is 18.1 Å². The molecule has 0 aliphatic rings. The first-order valence-corrected chi connectivity index (χ1v) is 7.28. The summed E-state index contributed by atoms with van der Waals surface area (Å²) in [5.74, 6) is 0. The van der Waals surface area contributed by atoms with Crippen molar-refractivity contribution in [3.05, 3.63) is 40.2 Å². The molecule has 1 heterocycles. The van der Waals surface area contributed by atoms with Crippen LogP contribution in [0.4, 0.5) is 0 Å². The molecule has 0 unspecified atom stereocenters. The van der Waals surface area contributed by atoms with Crippen molar-refractivity contribution in [3.63, 3.8) is 0 Å². The monoisotopic (exact) mass is 276 g/mol. The number of thiazole rings is 1. The van der Waals surface area contributed by atoms with E-state index in [1.807, 2.05) is 18.2 Å². The van der Waals surface area contributed by atoms with Gasteiger partial charge < -0.3 is 10.1 Å². The molecule has 0 atom stereocenters. The lowest BCUT2D eigenvalue weighted by Crippen LogP contribution is -2.21. The SMILES string of the molecule is COCc1nc(-c2ccccc2)c(CNC(C)C)s1. The number of aromatic nitrogens is 1. The summed E-state index contributed by atoms with van der Waals surface area (Å²) in [6.07, 6.45) is 0. The number of ether oxygens (including phenoxy) is 1. The number of nitrogens with zero attached hydrogens (tertiary/aromatic N) is 1. The molecule has 19 heavy (non-hydrogen) atoms. The fourth-order valence-electron chi connectivity index (χ4n) is 1.82. The highest BCUT2D eigenvalue weighted by molar-refractivity contribution is 7.12. The van der Waals surface area contributed by atoms with E-state index < -0.39 is 0 Å². The first-order valence-electron chi connectivity index (χ1n) is 6.47. The summed E-state index contributed by atoms with van der Waals surface area (Å²) in [6.45, 7) is 5.73. The molecule has 3 nitrogen and oxygen atoms in total. The highest BCUT2D eigenvalue weighted by Crippen LogP contribution is 2.28. The van der Waals surface area contributed by atoms with E-state index in [0.29, 0.717) is 12.6 Å². The maximum atomic E-state index is 5.19. The number of methoxy groups -OCH3 is 1. The highest BCUT2D eigenvalue weighted by Gasteiger charge is 2.12. The fourth-order valence-corrected chi connectivity index (χ4v) is 2.84. The second kappa shape index (κ2) is 6.80. The van der Waals surface area contributed by atoms with Crippen molar-refractivity contribution in [2.24, 2.45) is 0 Å². The summed E-state index contributed by atoms with van der Waals surface area (Å²) in [5, 5.41) is 4.49. The summed E-state index contributed by atoms with van der Waals surface area (Å²) >= 11 is 1.72. The summed E-state index contributed by atoms with van der Waals surface area (Å²) in [6, 6.07) is 10.8. The van der Waals surface area contributed by atoms with Crippen LogP contribution >= 0.6 is 11.3 Å². The summed E-state index contributed by atoms with van der Waals surface area (Å²) in [4.78, 5) is 5.97. The molecule has 0 aliphatic heterocycles. The lowest BCUT2D eigenvalue weighted by molar-refractivity contribution is 0.184. The normalized spacial score (nSPS) is 11.2. The second-order valence-electron chi connectivity index (χ2n) is 4.71. The number of hydrogen-bond acceptors (Lipinski definition) is 4. The maximum absolute atomic E-state index is 5.19. The second-order valence-corrected chi connectivity index (χ2v) is 5.88. The summed E-state index contributed by atoms with van der Waals surface area (Å²) in [5.41, 5.74) is 2.24. The average molecular weight is 276 g/mol. The predicted octanol–water partition coefficient (Wildman–Crippen LogP) is 3.45. The standard InChI is InChI=1S/C15H20N2OS/c1-11(2)16-9-13-15(12-7-5-4-6-8-12)17-14(19-13)10-18-3/h4-8,11,16H,9-10H2,1-3H3. The molecule has 0 saturated heterocycles. The molecule has 2 aromatic rings. The molecular weight excluding hydrogens is 256 g/mol. The molecule has 0 fully saturated rings. The number of benzene rings is 1. The van der Waals surface area contributed by atoms with Crippen molar-refractivity contribution in [3.8, 4) is 11.3 Å². The highest BCUT2D eigenvalue weighted by atomic mass is 32.1. The predicted molar refractivity (Wildman–Crippen MR) is 80.2 cm³/mol. The number of nitrogens with one attached hydrogen (secondary N) is 1. The first kappa shape index (κ1) is 14.2. The third-order valence-corrected chi connectivity index (χ3v) is 3.76. The van der Waals surface area contributed by atoms with Crippen LogP contribution in [-0.2, 0) is 17.9 Å². The smallest absolute Gasteiger partial charge is 0.119 e. The van der Waals surface area contributed by atoms with Gasteiger partial charge in [0.25, 0.3) is 0 Å². The maximum Gasteiger partial charge on any atom is 0.119 e. The molecular formula is C15H20N2OS. The van der Waals surface area contributed by atoms with E-state index in [4.69, 9.17) is 9.72 Å². The van der Waals surface area contributed by atoms with E-state index in [1.165, 1.54) is 10.4 Å². The Kier molecular flexibility index (Phi) is 5.07. The summed E-state index contributed by atoms with van der Waals surface area (Å²) < 4.78 is 5.19. The van der Waals surface area contributed by atoms with E-state index in [0.717, 1.165) is 17.2 Å². The van der Waals surface area contributed by atoms with Crippen molar-refractivity contribution < 1.29 is 4.74 Å². The van der Waals surface area contributed by atoms with E-state index in [-0.39, 0.29) is 0 Å². The third kappa shape index (κ3) is 3.86. The Bertz CT molecular complexity index is 508. The van der Waals surface area contributed by atoms with Gasteiger partial charge in [0.1, 0.15) is 5.01 Å². The lowest BCUT2D eigenvalue weighted by Gasteiger charge is -2.07. The Morgan fingerprint density at radius 3 is 2.63 bits per heavy atom. The minimum atomic E-state index is 0.469. The van der Waals surface area contributed by atoms with Gasteiger partial charge in [-0.25, -0.2) is 4.98 Å². The minimum Gasteiger partial charge on any atom is -0.378 e. The molecule has 0 bridgehead atoms. The van der Waals surface area contributed by atoms with Crippen LogP contribution in [0, 0.1) is 0 Å². The zero-order valence-corrected chi connectivity index (χ0v) is 12.5. The van der Waals surface area contributed by atoms with Gasteiger partial charge in [-0.2, -0.15) is 0 Å². The van der Waals surface area contributed by atoms with Crippen LogP contribution in [0.1, 0.15) is 23.7 Å². The zero-order valence-electron chi connectivity index (χ0n) is 11.6. The molecule has 0 radical (unpaired) electrons. The van der Waals surface area contributed by atoms with Gasteiger partial charge in [-0.1, -0.05) is 44.2 Å². The Balaban J connectivity index is 2.29. The molecule has 102 valence electrons. The Hall–Kier alpha value is -1.23. The molecule has 1 aromatic carbocycles. The average Bonchev–Trinajstić information content (AvgIpc) is 2.81. The number of hydrogen-bond donors (Lipinski definition) is 1. The van der Waals surface area contributed by atoms with Gasteiger partial charge >= 0.3 is 0 Å². The van der Waals surface area contributed by atoms with Gasteiger partial charge in [0.05, 0.1) is 12.3 Å². The van der Waals surface area contributed by atoms with Crippen LogP contribution in [0.3, 0.4) is 0 Å². The van der Waals surface area contributed by atoms with Gasteiger partial charge in [-0.15, -0.1) is 11.3 Å². The molecule has 1 N–H and O–H groups in total. The molecule has 4 heteroatoms. The van der Waals surface area contributed by atoms with E-state index in [2.05, 4.69) is 31.3 Å². The van der Waals surface area contributed by atoms with Gasteiger partial charge in [0.2, 0.25) is 0 Å². The van der Waals surface area contributed by atoms with Gasteiger partial charge in [-0.3, -0.25) is 0 Å². The van der Waals surface area contributed by atoms with Crippen LogP contribution in [0.25, 0.3) is 11.3 Å². The third-order valence-electron chi connectivity index (χ3n) is 2.73. The van der Waals surface area contributed by atoms with Crippen LogP contribution < -0.4 is 5.32 Å². The molecule has 0 aliphatic carbocycles. The van der Waals surface area contributed by atoms with Crippen LogP contribution in [0.15, 0.2) is 30.3 Å². The summed E-state index contributed by atoms with van der Waals surface area (Å²) in [7, 11) is 1.70. The fraction of sp³-hybridized carbons (Fsp3) is 0.400. The van der Waals surface area contributed by atoms with E-state index in [1.54, 1.807) is 18.4 Å². The lowest BCUT2D eigenvalue weighted by atomic mass is 10.1. The first-order chi connectivity index (χ1) is 9.20. The Labute approximate surface area is 118 Å². The molecule has 1 aromatic heterocycles. The van der Waals surface area contributed by atoms with Crippen molar-refractivity contribution >= 4 is 11.3 Å². The quantitative estimate of drug-likeness (QED) is 0.877. The molecule has 2 rings (SSSR count). The van der Waals surface area contributed by atoms with Gasteiger partial charge in [0, 0.05) is 30.1 Å². The van der Waals surface area contributed by atoms with E-state index >= 15 is 0 Å². The minimum absolute atomic E-state index is 0.469. The van der Waals surface area contributed by atoms with Crippen molar-refractivity contribution in [2.45, 2.75) is 33.0 Å². The Morgan fingerprint density at radius 2 is 2.00 bits per heavy atom. The van der Waals surface area contributed by atoms with Crippen LogP contribution in [0.5, 0.6) is 0 Å². The van der Waals surface area contributed by atoms with Crippen molar-refractivity contribution in [1.29, 1.82) is 0 Å². The van der Waals surface area contributed by atoms with Crippen molar-refractivity contribution in [1.82, 2.24) is 10.3 Å². The van der Waals surface area contributed by atoms with Gasteiger partial charge in [-0.05, 0) is 0 Å². The molecule has 0 saturated carbocycles. The molecule has 0 amide bonds. The number of rotatable bonds is 6. The van der Waals surface area contributed by atoms with Gasteiger partial charge in [0.15, 0.2) is 0 Å². The Morgan fingerprint density at radius 1 is 1.26 bits per heavy atom. The topological polar surface area (TPSA) is 34.1 Å². The van der Waals surface area contributed by atoms with Crippen molar-refractivity contribution in [2.75, 3.05) is 7.11 Å². The zero-order chi connectivity index (χ0) is 13.7. The largest absolute Gasteiger partial charge is 0.378 e. The van der Waals surface area contributed by atoms with E-state index in [9.17, 15) is 0 Å².